The number of hydrogen-bond acceptors (Lipinski definition) is 5. The molecule has 1 N–H and O–H groups in total. The van der Waals surface area contributed by atoms with Gasteiger partial charge in [-0.05, 0) is 18.8 Å². The highest BCUT2D eigenvalue weighted by Gasteiger charge is 2.07. The molecular formula is C16H29N3O2. The lowest BCUT2D eigenvalue weighted by atomic mass is 10.1. The van der Waals surface area contributed by atoms with E-state index in [0.717, 1.165) is 50.5 Å². The van der Waals surface area contributed by atoms with Gasteiger partial charge in [0.05, 0.1) is 6.61 Å². The second kappa shape index (κ2) is 10.4. The van der Waals surface area contributed by atoms with Crippen LogP contribution in [0, 0.1) is 5.92 Å². The van der Waals surface area contributed by atoms with Crippen LogP contribution in [0.15, 0.2) is 6.07 Å². The average molecular weight is 295 g/mol. The summed E-state index contributed by atoms with van der Waals surface area (Å²) >= 11 is 0. The van der Waals surface area contributed by atoms with Gasteiger partial charge >= 0.3 is 0 Å². The maximum atomic E-state index is 5.72. The molecule has 0 unspecified atom stereocenters. The number of rotatable bonds is 11. The molecule has 1 heterocycles. The Labute approximate surface area is 128 Å². The molecule has 0 bridgehead atoms. The predicted molar refractivity (Wildman–Crippen MR) is 86.0 cm³/mol. The molecule has 5 heteroatoms. The second-order valence-corrected chi connectivity index (χ2v) is 5.58. The molecule has 21 heavy (non-hydrogen) atoms. The van der Waals surface area contributed by atoms with Gasteiger partial charge in [-0.25, -0.2) is 4.98 Å². The number of nitrogens with zero attached hydrogens (tertiary/aromatic N) is 2. The first-order valence-corrected chi connectivity index (χ1v) is 7.89. The van der Waals surface area contributed by atoms with Gasteiger partial charge < -0.3 is 14.8 Å². The number of nitrogens with one attached hydrogen (secondary N) is 1. The largest absolute Gasteiger partial charge is 0.478 e. The van der Waals surface area contributed by atoms with Crippen molar-refractivity contribution in [2.75, 3.05) is 32.2 Å². The number of unbranched alkanes of at least 4 members (excludes halogenated alkanes) is 1. The van der Waals surface area contributed by atoms with E-state index in [-0.39, 0.29) is 0 Å². The Morgan fingerprint density at radius 3 is 2.67 bits per heavy atom. The quantitative estimate of drug-likeness (QED) is 0.635. The second-order valence-electron chi connectivity index (χ2n) is 5.58. The van der Waals surface area contributed by atoms with Gasteiger partial charge in [-0.15, -0.1) is 0 Å². The molecule has 0 aromatic carbocycles. The summed E-state index contributed by atoms with van der Waals surface area (Å²) in [4.78, 5) is 9.05. The highest BCUT2D eigenvalue weighted by Crippen LogP contribution is 2.16. The minimum Gasteiger partial charge on any atom is -0.478 e. The highest BCUT2D eigenvalue weighted by atomic mass is 16.5. The van der Waals surface area contributed by atoms with Gasteiger partial charge in [0.25, 0.3) is 0 Å². The van der Waals surface area contributed by atoms with E-state index in [2.05, 4.69) is 36.1 Å². The summed E-state index contributed by atoms with van der Waals surface area (Å²) in [6.07, 6.45) is 3.97. The fourth-order valence-electron chi connectivity index (χ4n) is 1.85. The zero-order valence-corrected chi connectivity index (χ0v) is 13.8. The molecule has 1 aromatic rings. The topological polar surface area (TPSA) is 56.3 Å². The van der Waals surface area contributed by atoms with Crippen molar-refractivity contribution in [3.63, 3.8) is 0 Å². The third-order valence-corrected chi connectivity index (χ3v) is 2.92. The van der Waals surface area contributed by atoms with Gasteiger partial charge in [0.15, 0.2) is 0 Å². The maximum Gasteiger partial charge on any atom is 0.218 e. The van der Waals surface area contributed by atoms with Crippen LogP contribution in [0.5, 0.6) is 5.88 Å². The van der Waals surface area contributed by atoms with Crippen LogP contribution < -0.4 is 10.1 Å². The summed E-state index contributed by atoms with van der Waals surface area (Å²) in [5.74, 6) is 2.87. The molecule has 1 aromatic heterocycles. The molecule has 0 fully saturated rings. The van der Waals surface area contributed by atoms with Crippen LogP contribution in [-0.2, 0) is 11.2 Å². The fraction of sp³-hybridized carbons (Fsp3) is 0.750. The summed E-state index contributed by atoms with van der Waals surface area (Å²) in [7, 11) is 1.71. The maximum absolute atomic E-state index is 5.72. The van der Waals surface area contributed by atoms with Crippen LogP contribution in [-0.4, -0.2) is 36.8 Å². The van der Waals surface area contributed by atoms with Crippen LogP contribution in [0.1, 0.15) is 45.9 Å². The van der Waals surface area contributed by atoms with Crippen molar-refractivity contribution in [2.45, 2.75) is 46.5 Å². The van der Waals surface area contributed by atoms with Crippen molar-refractivity contribution in [1.29, 1.82) is 0 Å². The van der Waals surface area contributed by atoms with E-state index < -0.39 is 0 Å². The monoisotopic (exact) mass is 295 g/mol. The van der Waals surface area contributed by atoms with Gasteiger partial charge in [-0.1, -0.05) is 27.2 Å². The van der Waals surface area contributed by atoms with Crippen LogP contribution in [0.2, 0.25) is 0 Å². The van der Waals surface area contributed by atoms with Crippen molar-refractivity contribution >= 4 is 5.82 Å². The molecule has 0 aliphatic heterocycles. The predicted octanol–water partition coefficient (Wildman–Crippen LogP) is 3.30. The smallest absolute Gasteiger partial charge is 0.218 e. The SMILES string of the molecule is CCCCOc1cc(NCCCOC)nc(CC(C)C)n1. The molecule has 0 atom stereocenters. The van der Waals surface area contributed by atoms with Gasteiger partial charge in [0.2, 0.25) is 5.88 Å². The summed E-state index contributed by atoms with van der Waals surface area (Å²) in [6, 6.07) is 1.88. The molecule has 0 aliphatic rings. The molecule has 5 nitrogen and oxygen atoms in total. The summed E-state index contributed by atoms with van der Waals surface area (Å²) in [5.41, 5.74) is 0. The van der Waals surface area contributed by atoms with Crippen LogP contribution in [0.4, 0.5) is 5.82 Å². The Morgan fingerprint density at radius 2 is 2.00 bits per heavy atom. The molecule has 0 aliphatic carbocycles. The summed E-state index contributed by atoms with van der Waals surface area (Å²) in [5, 5.41) is 3.31. The number of ether oxygens (including phenoxy) is 2. The third-order valence-electron chi connectivity index (χ3n) is 2.92. The van der Waals surface area contributed by atoms with Gasteiger partial charge in [-0.2, -0.15) is 4.98 Å². The van der Waals surface area contributed by atoms with Gasteiger partial charge in [0.1, 0.15) is 11.6 Å². The highest BCUT2D eigenvalue weighted by molar-refractivity contribution is 5.38. The van der Waals surface area contributed by atoms with Crippen molar-refractivity contribution in [3.05, 3.63) is 11.9 Å². The third kappa shape index (κ3) is 7.85. The zero-order chi connectivity index (χ0) is 15.5. The number of methoxy groups -OCH3 is 1. The lowest BCUT2D eigenvalue weighted by Crippen LogP contribution is -2.10. The molecule has 0 radical (unpaired) electrons. The molecule has 0 saturated heterocycles. The Kier molecular flexibility index (Phi) is 8.74. The normalized spacial score (nSPS) is 10.9. The van der Waals surface area contributed by atoms with E-state index in [1.807, 2.05) is 6.07 Å². The molecule has 120 valence electrons. The van der Waals surface area contributed by atoms with E-state index in [4.69, 9.17) is 9.47 Å². The molecule has 0 spiro atoms. The van der Waals surface area contributed by atoms with Gasteiger partial charge in [-0.3, -0.25) is 0 Å². The zero-order valence-electron chi connectivity index (χ0n) is 13.8. The average Bonchev–Trinajstić information content (AvgIpc) is 2.43. The Hall–Kier alpha value is -1.36. The van der Waals surface area contributed by atoms with Crippen molar-refractivity contribution < 1.29 is 9.47 Å². The van der Waals surface area contributed by atoms with Crippen molar-refractivity contribution in [1.82, 2.24) is 9.97 Å². The van der Waals surface area contributed by atoms with Crippen molar-refractivity contribution in [3.8, 4) is 5.88 Å². The number of hydrogen-bond donors (Lipinski definition) is 1. The first kappa shape index (κ1) is 17.7. The summed E-state index contributed by atoms with van der Waals surface area (Å²) < 4.78 is 10.8. The van der Waals surface area contributed by atoms with E-state index in [1.165, 1.54) is 0 Å². The van der Waals surface area contributed by atoms with E-state index in [1.54, 1.807) is 7.11 Å². The van der Waals surface area contributed by atoms with E-state index in [9.17, 15) is 0 Å². The van der Waals surface area contributed by atoms with Crippen LogP contribution in [0.25, 0.3) is 0 Å². The standard InChI is InChI=1S/C16H29N3O2/c1-5-6-10-21-16-12-14(17-8-7-9-20-4)18-15(19-16)11-13(2)3/h12-13H,5-11H2,1-4H3,(H,17,18,19). The Balaban J connectivity index is 2.67. The fourth-order valence-corrected chi connectivity index (χ4v) is 1.85. The van der Waals surface area contributed by atoms with Crippen LogP contribution >= 0.6 is 0 Å². The lowest BCUT2D eigenvalue weighted by molar-refractivity contribution is 0.197. The van der Waals surface area contributed by atoms with Gasteiger partial charge in [0, 0.05) is 32.7 Å². The molecule has 0 amide bonds. The Morgan fingerprint density at radius 1 is 1.19 bits per heavy atom. The first-order valence-electron chi connectivity index (χ1n) is 7.89. The molecular weight excluding hydrogens is 266 g/mol. The summed E-state index contributed by atoms with van der Waals surface area (Å²) in [6.45, 7) is 8.77. The Bertz CT molecular complexity index is 397. The van der Waals surface area contributed by atoms with E-state index in [0.29, 0.717) is 18.4 Å². The number of aromatic nitrogens is 2. The first-order chi connectivity index (χ1) is 10.2. The number of anilines is 1. The van der Waals surface area contributed by atoms with E-state index >= 15 is 0 Å². The van der Waals surface area contributed by atoms with Crippen molar-refractivity contribution in [2.24, 2.45) is 5.92 Å². The molecule has 0 saturated carbocycles. The minimum absolute atomic E-state index is 0.525. The minimum atomic E-state index is 0.525. The van der Waals surface area contributed by atoms with Crippen LogP contribution in [0.3, 0.4) is 0 Å². The molecule has 1 rings (SSSR count). The lowest BCUT2D eigenvalue weighted by Gasteiger charge is -2.11.